The molecule has 1 rings (SSSR count). The van der Waals surface area contributed by atoms with Gasteiger partial charge in [0.25, 0.3) is 0 Å². The van der Waals surface area contributed by atoms with Crippen LogP contribution in [0.2, 0.25) is 0 Å². The monoisotopic (exact) mass is 295 g/mol. The lowest BCUT2D eigenvalue weighted by Crippen LogP contribution is -2.43. The van der Waals surface area contributed by atoms with Crippen LogP contribution in [0.25, 0.3) is 0 Å². The molecule has 0 aliphatic carbocycles. The number of carbonyl (C=O) groups is 2. The fraction of sp³-hybridized carbons (Fsp3) is 0.667. The number of aryl methyl sites for hydroxylation is 2. The predicted octanol–water partition coefficient (Wildman–Crippen LogP) is 1.54. The number of amides is 1. The first-order valence-electron chi connectivity index (χ1n) is 7.16. The van der Waals surface area contributed by atoms with E-state index < -0.39 is 5.97 Å². The number of aliphatic carboxylic acids is 1. The summed E-state index contributed by atoms with van der Waals surface area (Å²) in [5, 5.41) is 13.3. The van der Waals surface area contributed by atoms with E-state index in [1.807, 2.05) is 41.7 Å². The van der Waals surface area contributed by atoms with Crippen molar-refractivity contribution in [2.75, 3.05) is 6.54 Å². The van der Waals surface area contributed by atoms with Crippen LogP contribution in [-0.4, -0.2) is 44.3 Å². The Bertz CT molecular complexity index is 535. The molecule has 0 saturated heterocycles. The summed E-state index contributed by atoms with van der Waals surface area (Å²) < 4.78 is 1.80. The Balaban J connectivity index is 2.88. The summed E-state index contributed by atoms with van der Waals surface area (Å²) in [4.78, 5) is 24.8. The second kappa shape index (κ2) is 6.74. The van der Waals surface area contributed by atoms with Gasteiger partial charge in [-0.1, -0.05) is 6.92 Å². The lowest BCUT2D eigenvalue weighted by molar-refractivity contribution is -0.147. The van der Waals surface area contributed by atoms with Crippen molar-refractivity contribution in [3.8, 4) is 0 Å². The van der Waals surface area contributed by atoms with Gasteiger partial charge in [0.05, 0.1) is 5.69 Å². The molecule has 0 radical (unpaired) electrons. The maximum Gasteiger partial charge on any atom is 0.323 e. The molecule has 6 nitrogen and oxygen atoms in total. The van der Waals surface area contributed by atoms with Crippen molar-refractivity contribution in [1.82, 2.24) is 14.7 Å². The van der Waals surface area contributed by atoms with Crippen molar-refractivity contribution >= 4 is 11.9 Å². The molecule has 0 fully saturated rings. The third kappa shape index (κ3) is 4.06. The molecule has 1 unspecified atom stereocenters. The molecular formula is C15H25N3O3. The Hall–Kier alpha value is -1.85. The van der Waals surface area contributed by atoms with Crippen LogP contribution in [0.3, 0.4) is 0 Å². The van der Waals surface area contributed by atoms with E-state index in [1.165, 1.54) is 4.90 Å². The minimum atomic E-state index is -0.988. The normalized spacial score (nSPS) is 12.5. The number of carbonyl (C=O) groups excluding carboxylic acids is 1. The molecule has 0 aromatic carbocycles. The number of hydrogen-bond acceptors (Lipinski definition) is 3. The third-order valence-corrected chi connectivity index (χ3v) is 3.80. The van der Waals surface area contributed by atoms with Crippen molar-refractivity contribution in [1.29, 1.82) is 0 Å². The van der Waals surface area contributed by atoms with Crippen molar-refractivity contribution in [3.05, 3.63) is 17.0 Å². The molecule has 6 heteroatoms. The average Bonchev–Trinajstić information content (AvgIpc) is 2.61. The fourth-order valence-corrected chi connectivity index (χ4v) is 2.45. The third-order valence-electron chi connectivity index (χ3n) is 3.80. The van der Waals surface area contributed by atoms with Gasteiger partial charge >= 0.3 is 5.97 Å². The van der Waals surface area contributed by atoms with Crippen LogP contribution in [0.5, 0.6) is 0 Å². The van der Waals surface area contributed by atoms with Crippen LogP contribution in [0.1, 0.15) is 37.7 Å². The minimum absolute atomic E-state index is 0.130. The summed E-state index contributed by atoms with van der Waals surface area (Å²) >= 11 is 0. The van der Waals surface area contributed by atoms with Gasteiger partial charge in [0.15, 0.2) is 0 Å². The fourth-order valence-electron chi connectivity index (χ4n) is 2.45. The van der Waals surface area contributed by atoms with Gasteiger partial charge in [-0.15, -0.1) is 0 Å². The van der Waals surface area contributed by atoms with Gasteiger partial charge in [-0.25, -0.2) is 0 Å². The van der Waals surface area contributed by atoms with E-state index in [0.29, 0.717) is 6.42 Å². The zero-order chi connectivity index (χ0) is 16.3. The molecule has 0 saturated carbocycles. The minimum Gasteiger partial charge on any atom is -0.480 e. The summed E-state index contributed by atoms with van der Waals surface area (Å²) in [6, 6.07) is -0.132. The number of aromatic nitrogens is 2. The van der Waals surface area contributed by atoms with E-state index in [9.17, 15) is 9.59 Å². The van der Waals surface area contributed by atoms with Gasteiger partial charge in [0, 0.05) is 24.7 Å². The highest BCUT2D eigenvalue weighted by atomic mass is 16.4. The Kier molecular flexibility index (Phi) is 5.52. The first kappa shape index (κ1) is 17.2. The highest BCUT2D eigenvalue weighted by molar-refractivity contribution is 5.83. The molecule has 0 spiro atoms. The van der Waals surface area contributed by atoms with Crippen molar-refractivity contribution < 1.29 is 14.7 Å². The standard InChI is InChI=1S/C15H25N3O3/c1-9(2)18(8-14(19)20)15(21)10(3)7-13-11(4)16-17(6)12(13)5/h9-10H,7-8H2,1-6H3,(H,19,20). The molecule has 1 amide bonds. The number of nitrogens with zero attached hydrogens (tertiary/aromatic N) is 3. The summed E-state index contributed by atoms with van der Waals surface area (Å²) in [7, 11) is 1.88. The SMILES string of the molecule is Cc1nn(C)c(C)c1CC(C)C(=O)N(CC(=O)O)C(C)C. The van der Waals surface area contributed by atoms with Crippen LogP contribution in [0.4, 0.5) is 0 Å². The highest BCUT2D eigenvalue weighted by Gasteiger charge is 2.26. The maximum absolute atomic E-state index is 12.5. The summed E-state index contributed by atoms with van der Waals surface area (Å²) in [5.74, 6) is -1.39. The smallest absolute Gasteiger partial charge is 0.323 e. The highest BCUT2D eigenvalue weighted by Crippen LogP contribution is 2.19. The molecule has 1 aromatic heterocycles. The first-order chi connectivity index (χ1) is 9.65. The van der Waals surface area contributed by atoms with Gasteiger partial charge in [-0.05, 0) is 39.7 Å². The number of carboxylic acids is 1. The Labute approximate surface area is 125 Å². The second-order valence-electron chi connectivity index (χ2n) is 5.83. The van der Waals surface area contributed by atoms with E-state index in [0.717, 1.165) is 17.0 Å². The molecular weight excluding hydrogens is 270 g/mol. The Morgan fingerprint density at radius 3 is 2.24 bits per heavy atom. The molecule has 1 atom stereocenters. The summed E-state index contributed by atoms with van der Waals surface area (Å²) in [6.07, 6.45) is 0.577. The predicted molar refractivity (Wildman–Crippen MR) is 80.0 cm³/mol. The van der Waals surface area contributed by atoms with E-state index in [2.05, 4.69) is 5.10 Å². The van der Waals surface area contributed by atoms with Crippen LogP contribution in [0.15, 0.2) is 0 Å². The van der Waals surface area contributed by atoms with E-state index in [1.54, 1.807) is 4.68 Å². The number of rotatable bonds is 6. The average molecular weight is 295 g/mol. The van der Waals surface area contributed by atoms with Crippen molar-refractivity contribution in [2.24, 2.45) is 13.0 Å². The van der Waals surface area contributed by atoms with Gasteiger partial charge in [0.2, 0.25) is 5.91 Å². The van der Waals surface area contributed by atoms with Gasteiger partial charge < -0.3 is 10.0 Å². The van der Waals surface area contributed by atoms with Gasteiger partial charge in [0.1, 0.15) is 6.54 Å². The van der Waals surface area contributed by atoms with Crippen LogP contribution in [0, 0.1) is 19.8 Å². The zero-order valence-electron chi connectivity index (χ0n) is 13.7. The Morgan fingerprint density at radius 1 is 1.29 bits per heavy atom. The van der Waals surface area contributed by atoms with Crippen molar-refractivity contribution in [2.45, 2.75) is 47.1 Å². The molecule has 0 bridgehead atoms. The summed E-state index contributed by atoms with van der Waals surface area (Å²) in [5.41, 5.74) is 3.03. The van der Waals surface area contributed by atoms with Gasteiger partial charge in [-0.2, -0.15) is 5.10 Å². The van der Waals surface area contributed by atoms with E-state index in [-0.39, 0.29) is 24.4 Å². The topological polar surface area (TPSA) is 75.4 Å². The quantitative estimate of drug-likeness (QED) is 0.863. The molecule has 0 aliphatic rings. The van der Waals surface area contributed by atoms with Crippen LogP contribution >= 0.6 is 0 Å². The zero-order valence-corrected chi connectivity index (χ0v) is 13.7. The van der Waals surface area contributed by atoms with Crippen LogP contribution < -0.4 is 0 Å². The largest absolute Gasteiger partial charge is 0.480 e. The molecule has 1 N–H and O–H groups in total. The Morgan fingerprint density at radius 2 is 1.86 bits per heavy atom. The molecule has 118 valence electrons. The lowest BCUT2D eigenvalue weighted by Gasteiger charge is -2.28. The first-order valence-corrected chi connectivity index (χ1v) is 7.16. The van der Waals surface area contributed by atoms with E-state index in [4.69, 9.17) is 5.11 Å². The molecule has 21 heavy (non-hydrogen) atoms. The molecule has 1 heterocycles. The number of carboxylic acid groups (broad SMARTS) is 1. The maximum atomic E-state index is 12.5. The van der Waals surface area contributed by atoms with Gasteiger partial charge in [-0.3, -0.25) is 14.3 Å². The summed E-state index contributed by atoms with van der Waals surface area (Å²) in [6.45, 7) is 9.14. The molecule has 0 aliphatic heterocycles. The van der Waals surface area contributed by atoms with Crippen molar-refractivity contribution in [3.63, 3.8) is 0 Å². The number of hydrogen-bond donors (Lipinski definition) is 1. The second-order valence-corrected chi connectivity index (χ2v) is 5.83. The lowest BCUT2D eigenvalue weighted by atomic mass is 9.98. The van der Waals surface area contributed by atoms with Crippen LogP contribution in [-0.2, 0) is 23.1 Å². The van der Waals surface area contributed by atoms with E-state index >= 15 is 0 Å². The molecule has 1 aromatic rings.